The fourth-order valence-electron chi connectivity index (χ4n) is 2.38. The number of amides is 1. The van der Waals surface area contributed by atoms with Crippen molar-refractivity contribution >= 4 is 17.7 Å². The summed E-state index contributed by atoms with van der Waals surface area (Å²) in [7, 11) is 0. The molecule has 0 saturated heterocycles. The average Bonchev–Trinajstić information content (AvgIpc) is 3.10. The number of carbonyl (C=O) groups is 2. The third kappa shape index (κ3) is 5.18. The van der Waals surface area contributed by atoms with Gasteiger partial charge in [-0.3, -0.25) is 4.79 Å². The minimum absolute atomic E-state index is 0.265. The minimum atomic E-state index is -0.649. The largest absolute Gasteiger partial charge is 0.481 e. The molecule has 7 heteroatoms. The molecule has 1 heterocycles. The van der Waals surface area contributed by atoms with Gasteiger partial charge < -0.3 is 19.3 Å². The van der Waals surface area contributed by atoms with Crippen LogP contribution >= 0.6 is 0 Å². The van der Waals surface area contributed by atoms with Gasteiger partial charge >= 0.3 is 5.97 Å². The molecule has 0 spiro atoms. The van der Waals surface area contributed by atoms with Crippen LogP contribution in [0.1, 0.15) is 5.76 Å². The Morgan fingerprint density at radius 3 is 2.52 bits per heavy atom. The first-order chi connectivity index (χ1) is 13.1. The highest BCUT2D eigenvalue weighted by Crippen LogP contribution is 2.29. The van der Waals surface area contributed by atoms with Crippen LogP contribution in [0.2, 0.25) is 0 Å². The monoisotopic (exact) mass is 366 g/mol. The molecule has 2 aromatic carbocycles. The molecule has 27 heavy (non-hydrogen) atoms. The number of hydrogen-bond donors (Lipinski definition) is 1. The molecule has 0 radical (unpaired) electrons. The van der Waals surface area contributed by atoms with Gasteiger partial charge in [-0.2, -0.15) is 0 Å². The molecular formula is C20H18N2O5. The highest BCUT2D eigenvalue weighted by molar-refractivity contribution is 5.92. The maximum Gasteiger partial charge on any atom is 0.344 e. The van der Waals surface area contributed by atoms with Crippen molar-refractivity contribution in [1.82, 2.24) is 5.16 Å². The van der Waals surface area contributed by atoms with Crippen LogP contribution in [-0.4, -0.2) is 30.2 Å². The van der Waals surface area contributed by atoms with Gasteiger partial charge in [0.25, 0.3) is 5.91 Å². The zero-order valence-electron chi connectivity index (χ0n) is 14.7. The van der Waals surface area contributed by atoms with Crippen molar-refractivity contribution in [3.8, 4) is 16.9 Å². The number of rotatable bonds is 7. The predicted molar refractivity (Wildman–Crippen MR) is 98.2 cm³/mol. The Balaban J connectivity index is 1.50. The number of aromatic nitrogens is 1. The smallest absolute Gasteiger partial charge is 0.344 e. The summed E-state index contributed by atoms with van der Waals surface area (Å²) >= 11 is 0. The van der Waals surface area contributed by atoms with E-state index in [0.717, 1.165) is 11.1 Å². The first-order valence-electron chi connectivity index (χ1n) is 8.28. The molecule has 1 aromatic heterocycles. The fourth-order valence-corrected chi connectivity index (χ4v) is 2.38. The van der Waals surface area contributed by atoms with E-state index < -0.39 is 18.5 Å². The number of carbonyl (C=O) groups excluding carboxylic acids is 2. The number of nitrogens with zero attached hydrogens (tertiary/aromatic N) is 1. The zero-order chi connectivity index (χ0) is 19.1. The Bertz CT molecular complexity index is 921. The SMILES string of the molecule is Cc1cc(NC(=O)COC(=O)COc2ccccc2-c2ccccc2)no1. The first-order valence-corrected chi connectivity index (χ1v) is 8.28. The molecule has 138 valence electrons. The molecule has 0 atom stereocenters. The van der Waals surface area contributed by atoms with Crippen molar-refractivity contribution in [2.24, 2.45) is 0 Å². The summed E-state index contributed by atoms with van der Waals surface area (Å²) in [6, 6.07) is 18.6. The summed E-state index contributed by atoms with van der Waals surface area (Å²) in [5.74, 6) is 0.225. The molecule has 3 rings (SSSR count). The second-order valence-corrected chi connectivity index (χ2v) is 5.68. The number of ether oxygens (including phenoxy) is 2. The van der Waals surface area contributed by atoms with Gasteiger partial charge in [-0.25, -0.2) is 4.79 Å². The molecule has 0 aliphatic carbocycles. The molecule has 0 aliphatic rings. The molecule has 0 aliphatic heterocycles. The molecule has 0 unspecified atom stereocenters. The van der Waals surface area contributed by atoms with Gasteiger partial charge in [0.15, 0.2) is 19.0 Å². The summed E-state index contributed by atoms with van der Waals surface area (Å²) in [4.78, 5) is 23.6. The summed E-state index contributed by atoms with van der Waals surface area (Å²) in [5.41, 5.74) is 1.84. The summed E-state index contributed by atoms with van der Waals surface area (Å²) in [6.07, 6.45) is 0. The Kier molecular flexibility index (Phi) is 5.84. The predicted octanol–water partition coefficient (Wildman–Crippen LogP) is 3.21. The average molecular weight is 366 g/mol. The van der Waals surface area contributed by atoms with Crippen molar-refractivity contribution in [2.75, 3.05) is 18.5 Å². The van der Waals surface area contributed by atoms with Crippen LogP contribution in [0.3, 0.4) is 0 Å². The summed E-state index contributed by atoms with van der Waals surface area (Å²) in [5, 5.41) is 6.09. The third-order valence-electron chi connectivity index (χ3n) is 3.58. The highest BCUT2D eigenvalue weighted by atomic mass is 16.6. The van der Waals surface area contributed by atoms with Gasteiger partial charge in [-0.1, -0.05) is 53.7 Å². The normalized spacial score (nSPS) is 10.3. The Morgan fingerprint density at radius 1 is 1.04 bits per heavy atom. The molecule has 3 aromatic rings. The van der Waals surface area contributed by atoms with Gasteiger partial charge in [0.1, 0.15) is 11.5 Å². The number of anilines is 1. The lowest BCUT2D eigenvalue weighted by molar-refractivity contribution is -0.149. The number of para-hydroxylation sites is 1. The molecule has 0 saturated carbocycles. The van der Waals surface area contributed by atoms with E-state index >= 15 is 0 Å². The molecule has 7 nitrogen and oxygen atoms in total. The van der Waals surface area contributed by atoms with Crippen LogP contribution in [-0.2, 0) is 14.3 Å². The molecular weight excluding hydrogens is 348 g/mol. The van der Waals surface area contributed by atoms with E-state index in [1.165, 1.54) is 0 Å². The molecule has 1 N–H and O–H groups in total. The van der Waals surface area contributed by atoms with Gasteiger partial charge in [-0.15, -0.1) is 0 Å². The van der Waals surface area contributed by atoms with E-state index in [1.807, 2.05) is 48.5 Å². The number of esters is 1. The van der Waals surface area contributed by atoms with Crippen molar-refractivity contribution in [3.05, 3.63) is 66.4 Å². The van der Waals surface area contributed by atoms with Gasteiger partial charge in [0.2, 0.25) is 0 Å². The molecule has 0 fully saturated rings. The van der Waals surface area contributed by atoms with E-state index in [4.69, 9.17) is 14.0 Å². The van der Waals surface area contributed by atoms with E-state index in [9.17, 15) is 9.59 Å². The number of nitrogens with one attached hydrogen (secondary N) is 1. The second kappa shape index (κ2) is 8.66. The van der Waals surface area contributed by atoms with Crippen LogP contribution in [0.25, 0.3) is 11.1 Å². The van der Waals surface area contributed by atoms with Gasteiger partial charge in [0, 0.05) is 11.6 Å². The van der Waals surface area contributed by atoms with Gasteiger partial charge in [0.05, 0.1) is 0 Å². The lowest BCUT2D eigenvalue weighted by atomic mass is 10.1. The lowest BCUT2D eigenvalue weighted by Gasteiger charge is -2.11. The van der Waals surface area contributed by atoms with E-state index in [1.54, 1.807) is 19.1 Å². The second-order valence-electron chi connectivity index (χ2n) is 5.68. The third-order valence-corrected chi connectivity index (χ3v) is 3.58. The van der Waals surface area contributed by atoms with Gasteiger partial charge in [-0.05, 0) is 18.6 Å². The van der Waals surface area contributed by atoms with E-state index in [0.29, 0.717) is 11.5 Å². The van der Waals surface area contributed by atoms with Crippen LogP contribution in [0, 0.1) is 6.92 Å². The molecule has 0 bridgehead atoms. The van der Waals surface area contributed by atoms with Crippen LogP contribution in [0.15, 0.2) is 65.2 Å². The topological polar surface area (TPSA) is 90.7 Å². The first kappa shape index (κ1) is 18.2. The maximum absolute atomic E-state index is 11.9. The van der Waals surface area contributed by atoms with Crippen molar-refractivity contribution < 1.29 is 23.6 Å². The number of aryl methyl sites for hydroxylation is 1. The standard InChI is InChI=1S/C20H18N2O5/c1-14-11-18(22-27-14)21-19(23)12-26-20(24)13-25-17-10-6-5-9-16(17)15-7-3-2-4-8-15/h2-11H,12-13H2,1H3,(H,21,22,23). The van der Waals surface area contributed by atoms with E-state index in [-0.39, 0.29) is 12.4 Å². The molecule has 1 amide bonds. The number of hydrogen-bond acceptors (Lipinski definition) is 6. The zero-order valence-corrected chi connectivity index (χ0v) is 14.7. The van der Waals surface area contributed by atoms with Crippen LogP contribution in [0.4, 0.5) is 5.82 Å². The maximum atomic E-state index is 11.9. The van der Waals surface area contributed by atoms with Crippen molar-refractivity contribution in [3.63, 3.8) is 0 Å². The summed E-state index contributed by atoms with van der Waals surface area (Å²) in [6.45, 7) is 0.960. The van der Waals surface area contributed by atoms with Crippen LogP contribution in [0.5, 0.6) is 5.75 Å². The van der Waals surface area contributed by atoms with Crippen molar-refractivity contribution in [2.45, 2.75) is 6.92 Å². The van der Waals surface area contributed by atoms with E-state index in [2.05, 4.69) is 10.5 Å². The highest BCUT2D eigenvalue weighted by Gasteiger charge is 2.12. The lowest BCUT2D eigenvalue weighted by Crippen LogP contribution is -2.23. The quantitative estimate of drug-likeness (QED) is 0.646. The number of benzene rings is 2. The van der Waals surface area contributed by atoms with Crippen molar-refractivity contribution in [1.29, 1.82) is 0 Å². The Hall–Kier alpha value is -3.61. The Labute approximate surface area is 155 Å². The fraction of sp³-hybridized carbons (Fsp3) is 0.150. The Morgan fingerprint density at radius 2 is 1.78 bits per heavy atom. The minimum Gasteiger partial charge on any atom is -0.481 e. The summed E-state index contributed by atoms with van der Waals surface area (Å²) < 4.78 is 15.3. The van der Waals surface area contributed by atoms with Crippen LogP contribution < -0.4 is 10.1 Å².